The summed E-state index contributed by atoms with van der Waals surface area (Å²) in [6, 6.07) is 7.15. The van der Waals surface area contributed by atoms with Crippen molar-refractivity contribution < 1.29 is 19.1 Å². The Kier molecular flexibility index (Phi) is 8.25. The molecule has 3 aliphatic carbocycles. The van der Waals surface area contributed by atoms with Gasteiger partial charge >= 0.3 is 0 Å². The van der Waals surface area contributed by atoms with E-state index in [2.05, 4.69) is 51.6 Å². The first-order valence-corrected chi connectivity index (χ1v) is 17.7. The fourth-order valence-electron chi connectivity index (χ4n) is 9.12. The number of fused-ring (bicyclic) bond motifs is 1. The Morgan fingerprint density at radius 1 is 1.06 bits per heavy atom. The maximum absolute atomic E-state index is 14.3. The first-order chi connectivity index (χ1) is 22.6. The number of nitrogens with zero attached hydrogens (tertiary/aromatic N) is 2. The summed E-state index contributed by atoms with van der Waals surface area (Å²) in [6.07, 6.45) is 10.7. The van der Waals surface area contributed by atoms with Crippen LogP contribution in [0.25, 0.3) is 0 Å². The van der Waals surface area contributed by atoms with Gasteiger partial charge in [-0.1, -0.05) is 32.8 Å². The quantitative estimate of drug-likeness (QED) is 0.263. The lowest BCUT2D eigenvalue weighted by Crippen LogP contribution is -2.61. The summed E-state index contributed by atoms with van der Waals surface area (Å²) in [5.74, 6) is 0.640. The number of carbonyl (C=O) groups excluding carboxylic acids is 3. The molecule has 7 rings (SSSR count). The van der Waals surface area contributed by atoms with E-state index >= 15 is 0 Å². The fraction of sp³-hybridized carbons (Fsp3) is 0.667. The van der Waals surface area contributed by atoms with Crippen molar-refractivity contribution in [3.05, 3.63) is 41.7 Å². The van der Waals surface area contributed by atoms with Gasteiger partial charge in [-0.3, -0.25) is 19.1 Å². The Bertz CT molecular complexity index is 1520. The normalized spacial score (nSPS) is 29.4. The molecule has 1 aromatic heterocycles. The summed E-state index contributed by atoms with van der Waals surface area (Å²) in [6.45, 7) is 7.62. The first-order valence-electron chi connectivity index (χ1n) is 17.7. The number of hydrogen-bond acceptors (Lipinski definition) is 7. The van der Waals surface area contributed by atoms with Gasteiger partial charge in [-0.15, -0.1) is 0 Å². The Balaban J connectivity index is 1.15. The van der Waals surface area contributed by atoms with Crippen LogP contribution in [-0.2, 0) is 26.8 Å². The second-order valence-electron chi connectivity index (χ2n) is 15.4. The first kappa shape index (κ1) is 32.0. The van der Waals surface area contributed by atoms with Crippen molar-refractivity contribution in [1.29, 1.82) is 0 Å². The van der Waals surface area contributed by atoms with E-state index < -0.39 is 11.5 Å². The predicted octanol–water partition coefficient (Wildman–Crippen LogP) is 4.07. The maximum Gasteiger partial charge on any atom is 0.269 e. The molecule has 6 unspecified atom stereocenters. The molecule has 0 bridgehead atoms. The molecule has 5 aliphatic rings. The van der Waals surface area contributed by atoms with Gasteiger partial charge in [0.2, 0.25) is 11.8 Å². The predicted molar refractivity (Wildman–Crippen MR) is 180 cm³/mol. The minimum absolute atomic E-state index is 0.120. The van der Waals surface area contributed by atoms with Gasteiger partial charge in [-0.05, 0) is 98.3 Å². The van der Waals surface area contributed by atoms with Crippen LogP contribution in [-0.4, -0.2) is 65.5 Å². The van der Waals surface area contributed by atoms with E-state index in [1.807, 2.05) is 19.1 Å². The number of likely N-dealkylation sites (N-methyl/N-ethyl adjacent to an activating group) is 1. The van der Waals surface area contributed by atoms with Crippen LogP contribution in [0.5, 0.6) is 0 Å². The monoisotopic (exact) mass is 645 g/mol. The Hall–Kier alpha value is -3.60. The zero-order valence-corrected chi connectivity index (χ0v) is 28.3. The average Bonchev–Trinajstić information content (AvgIpc) is 3.41. The van der Waals surface area contributed by atoms with Gasteiger partial charge in [0.15, 0.2) is 0 Å². The van der Waals surface area contributed by atoms with Crippen molar-refractivity contribution in [2.75, 3.05) is 30.4 Å². The fourth-order valence-corrected chi connectivity index (χ4v) is 9.12. The highest BCUT2D eigenvalue weighted by Gasteiger charge is 2.56. The van der Waals surface area contributed by atoms with Crippen molar-refractivity contribution in [3.8, 4) is 0 Å². The number of aryl methyl sites for hydroxylation is 1. The molecule has 1 saturated heterocycles. The molecule has 0 radical (unpaired) electrons. The highest BCUT2D eigenvalue weighted by atomic mass is 16.5. The van der Waals surface area contributed by atoms with Gasteiger partial charge in [0, 0.05) is 26.4 Å². The summed E-state index contributed by atoms with van der Waals surface area (Å²) in [7, 11) is 1.79. The number of hydrogen-bond donors (Lipinski definition) is 5. The molecule has 3 amide bonds. The van der Waals surface area contributed by atoms with Crippen LogP contribution in [0.15, 0.2) is 30.5 Å². The van der Waals surface area contributed by atoms with E-state index in [1.165, 1.54) is 19.3 Å². The molecule has 6 atom stereocenters. The average molecular weight is 646 g/mol. The van der Waals surface area contributed by atoms with Gasteiger partial charge in [0.05, 0.1) is 29.4 Å². The van der Waals surface area contributed by atoms with Gasteiger partial charge in [0.25, 0.3) is 5.91 Å². The molecule has 5 N–H and O–H groups in total. The van der Waals surface area contributed by atoms with E-state index in [1.54, 1.807) is 24.0 Å². The number of rotatable bonds is 10. The van der Waals surface area contributed by atoms with E-state index in [0.29, 0.717) is 37.1 Å². The van der Waals surface area contributed by atoms with Crippen molar-refractivity contribution in [2.24, 2.45) is 29.7 Å². The van der Waals surface area contributed by atoms with Crippen LogP contribution in [0.1, 0.15) is 94.6 Å². The second-order valence-corrected chi connectivity index (χ2v) is 15.4. The largest absolute Gasteiger partial charge is 0.380 e. The van der Waals surface area contributed by atoms with E-state index in [0.717, 1.165) is 49.0 Å². The third-order valence-corrected chi connectivity index (χ3v) is 12.3. The lowest BCUT2D eigenvalue weighted by Gasteiger charge is -2.45. The molecular formula is C36H51N7O4. The molecule has 3 saturated carbocycles. The van der Waals surface area contributed by atoms with E-state index in [-0.39, 0.29) is 47.4 Å². The van der Waals surface area contributed by atoms with Crippen LogP contribution < -0.4 is 26.6 Å². The minimum Gasteiger partial charge on any atom is -0.380 e. The van der Waals surface area contributed by atoms with E-state index in [4.69, 9.17) is 4.74 Å². The molecule has 11 nitrogen and oxygen atoms in total. The van der Waals surface area contributed by atoms with Crippen LogP contribution in [0.4, 0.5) is 11.4 Å². The van der Waals surface area contributed by atoms with Crippen molar-refractivity contribution in [3.63, 3.8) is 0 Å². The Morgan fingerprint density at radius 3 is 2.49 bits per heavy atom. The molecule has 2 aromatic rings. The number of nitrogens with one attached hydrogen (secondary N) is 5. The molecule has 47 heavy (non-hydrogen) atoms. The summed E-state index contributed by atoms with van der Waals surface area (Å²) in [5.41, 5.74) is 2.39. The zero-order valence-electron chi connectivity index (χ0n) is 28.3. The number of benzene rings is 1. The summed E-state index contributed by atoms with van der Waals surface area (Å²) >= 11 is 0. The van der Waals surface area contributed by atoms with Crippen molar-refractivity contribution in [1.82, 2.24) is 25.7 Å². The number of amides is 3. The summed E-state index contributed by atoms with van der Waals surface area (Å²) in [5, 5.41) is 21.2. The van der Waals surface area contributed by atoms with Crippen LogP contribution in [0.3, 0.4) is 0 Å². The molecular weight excluding hydrogens is 594 g/mol. The van der Waals surface area contributed by atoms with Crippen LogP contribution >= 0.6 is 0 Å². The number of carbonyl (C=O) groups is 3. The van der Waals surface area contributed by atoms with Gasteiger partial charge in [0.1, 0.15) is 17.9 Å². The zero-order chi connectivity index (χ0) is 33.0. The molecule has 254 valence electrons. The molecule has 3 heterocycles. The maximum atomic E-state index is 14.3. The van der Waals surface area contributed by atoms with Crippen molar-refractivity contribution in [2.45, 2.75) is 102 Å². The lowest BCUT2D eigenvalue weighted by molar-refractivity contribution is -0.136. The minimum atomic E-state index is -0.898. The van der Waals surface area contributed by atoms with Crippen LogP contribution in [0.2, 0.25) is 0 Å². The molecule has 11 heteroatoms. The standard InChI is InChI=1S/C36H51N7O4/c1-5-37-32(45)29(34(3)12-6-13-34)42-33(46)36(16-18-47-21-36)23-8-10-25-26(19-23)40-30(39-25)28(41-31(44)27-11-17-38-43(27)4)24-9-7-22(2)20-35(24)14-15-35/h8,10-11,17,19,22,24,28-30,39-40H,5-7,9,12-16,18,20-21H2,1-4H3,(H,37,45)(H,41,44)(H,42,46). The smallest absolute Gasteiger partial charge is 0.269 e. The third-order valence-electron chi connectivity index (χ3n) is 12.3. The SMILES string of the molecule is CCNC(=O)C(NC(=O)C1(c2ccc3c(c2)NC(C(NC(=O)c2ccnn2C)C2CCC(C)CC24CC4)N3)CCOC1)C1(C)CCC1. The molecule has 1 spiro atoms. The van der Waals surface area contributed by atoms with Crippen molar-refractivity contribution >= 4 is 29.1 Å². The van der Waals surface area contributed by atoms with E-state index in [9.17, 15) is 14.4 Å². The van der Waals surface area contributed by atoms with Gasteiger partial charge < -0.3 is 31.3 Å². The highest BCUT2D eigenvalue weighted by Crippen LogP contribution is 2.62. The molecule has 2 aliphatic heterocycles. The third kappa shape index (κ3) is 5.68. The lowest BCUT2D eigenvalue weighted by atomic mass is 9.65. The molecule has 4 fully saturated rings. The number of anilines is 2. The van der Waals surface area contributed by atoms with Crippen LogP contribution in [0, 0.1) is 22.7 Å². The number of ether oxygens (including phenoxy) is 1. The number of aromatic nitrogens is 2. The summed E-state index contributed by atoms with van der Waals surface area (Å²) in [4.78, 5) is 41.1. The second kappa shape index (κ2) is 12.1. The Labute approximate surface area is 277 Å². The molecule has 1 aromatic carbocycles. The Morgan fingerprint density at radius 2 is 1.85 bits per heavy atom. The topological polar surface area (TPSA) is 138 Å². The highest BCUT2D eigenvalue weighted by molar-refractivity contribution is 5.95. The van der Waals surface area contributed by atoms with Gasteiger partial charge in [-0.2, -0.15) is 5.10 Å². The summed E-state index contributed by atoms with van der Waals surface area (Å²) < 4.78 is 7.50. The van der Waals surface area contributed by atoms with Gasteiger partial charge in [-0.25, -0.2) is 0 Å².